The SMILES string of the molecule is Oc1c(-c2ccccc2)cc(Br)cc1C12CCC(C1)C1CCCCC12. The predicted molar refractivity (Wildman–Crippen MR) is 106 cm³/mol. The van der Waals surface area contributed by atoms with Gasteiger partial charge in [-0.25, -0.2) is 0 Å². The summed E-state index contributed by atoms with van der Waals surface area (Å²) in [5.74, 6) is 3.11. The molecule has 0 heterocycles. The van der Waals surface area contributed by atoms with Crippen LogP contribution in [-0.2, 0) is 5.41 Å². The molecule has 0 aliphatic heterocycles. The zero-order valence-corrected chi connectivity index (χ0v) is 16.1. The minimum absolute atomic E-state index is 0.215. The molecule has 1 nitrogen and oxygen atoms in total. The first-order valence-corrected chi connectivity index (χ1v) is 10.6. The minimum Gasteiger partial charge on any atom is -0.507 e. The fourth-order valence-corrected chi connectivity index (χ4v) is 6.95. The Kier molecular flexibility index (Phi) is 3.74. The van der Waals surface area contributed by atoms with Gasteiger partial charge in [0.15, 0.2) is 0 Å². The second-order valence-corrected chi connectivity index (χ2v) is 9.35. The molecule has 4 atom stereocenters. The summed E-state index contributed by atoms with van der Waals surface area (Å²) < 4.78 is 1.09. The molecular weight excluding hydrogens is 372 g/mol. The summed E-state index contributed by atoms with van der Waals surface area (Å²) in [6.45, 7) is 0. The third-order valence-electron chi connectivity index (χ3n) is 7.42. The Hall–Kier alpha value is -1.28. The number of aromatic hydroxyl groups is 1. The largest absolute Gasteiger partial charge is 0.507 e. The van der Waals surface area contributed by atoms with Gasteiger partial charge in [-0.1, -0.05) is 59.1 Å². The van der Waals surface area contributed by atoms with Gasteiger partial charge in [0.2, 0.25) is 0 Å². The van der Waals surface area contributed by atoms with Gasteiger partial charge in [0.1, 0.15) is 5.75 Å². The summed E-state index contributed by atoms with van der Waals surface area (Å²) >= 11 is 3.74. The third kappa shape index (κ3) is 2.33. The summed E-state index contributed by atoms with van der Waals surface area (Å²) in [6, 6.07) is 14.6. The van der Waals surface area contributed by atoms with Crippen LogP contribution in [0.4, 0.5) is 0 Å². The van der Waals surface area contributed by atoms with Crippen LogP contribution >= 0.6 is 15.9 Å². The smallest absolute Gasteiger partial charge is 0.127 e. The number of phenols is 1. The maximum atomic E-state index is 11.3. The first-order chi connectivity index (χ1) is 12.2. The molecule has 25 heavy (non-hydrogen) atoms. The zero-order valence-electron chi connectivity index (χ0n) is 14.5. The fourth-order valence-electron chi connectivity index (χ4n) is 6.49. The number of halogens is 1. The van der Waals surface area contributed by atoms with Crippen molar-refractivity contribution >= 4 is 15.9 Å². The van der Waals surface area contributed by atoms with Crippen LogP contribution < -0.4 is 0 Å². The molecule has 0 radical (unpaired) electrons. The molecule has 2 aromatic rings. The van der Waals surface area contributed by atoms with Crippen molar-refractivity contribution < 1.29 is 5.11 Å². The molecule has 2 heteroatoms. The quantitative estimate of drug-likeness (QED) is 0.599. The number of benzene rings is 2. The van der Waals surface area contributed by atoms with Crippen LogP contribution in [0.15, 0.2) is 46.9 Å². The second kappa shape index (κ2) is 5.87. The van der Waals surface area contributed by atoms with Crippen molar-refractivity contribution in [3.8, 4) is 16.9 Å². The van der Waals surface area contributed by atoms with E-state index in [9.17, 15) is 5.11 Å². The van der Waals surface area contributed by atoms with Crippen LogP contribution in [0.1, 0.15) is 50.5 Å². The van der Waals surface area contributed by atoms with Crippen molar-refractivity contribution in [3.63, 3.8) is 0 Å². The predicted octanol–water partition coefficient (Wildman–Crippen LogP) is 6.68. The average molecular weight is 397 g/mol. The molecule has 130 valence electrons. The topological polar surface area (TPSA) is 20.2 Å². The van der Waals surface area contributed by atoms with E-state index in [1.165, 1.54) is 50.5 Å². The number of rotatable bonds is 2. The van der Waals surface area contributed by atoms with Crippen LogP contribution in [0.3, 0.4) is 0 Å². The van der Waals surface area contributed by atoms with E-state index in [1.54, 1.807) is 0 Å². The lowest BCUT2D eigenvalue weighted by atomic mass is 9.61. The van der Waals surface area contributed by atoms with E-state index in [4.69, 9.17) is 0 Å². The highest BCUT2D eigenvalue weighted by atomic mass is 79.9. The van der Waals surface area contributed by atoms with E-state index in [0.29, 0.717) is 5.75 Å². The van der Waals surface area contributed by atoms with Gasteiger partial charge in [-0.2, -0.15) is 0 Å². The highest BCUT2D eigenvalue weighted by molar-refractivity contribution is 9.10. The molecule has 3 fully saturated rings. The Morgan fingerprint density at radius 1 is 1.00 bits per heavy atom. The van der Waals surface area contributed by atoms with Crippen molar-refractivity contribution in [1.29, 1.82) is 0 Å². The molecule has 5 rings (SSSR count). The summed E-state index contributed by atoms with van der Waals surface area (Å²) in [4.78, 5) is 0. The molecule has 1 N–H and O–H groups in total. The molecule has 2 aromatic carbocycles. The van der Waals surface area contributed by atoms with Crippen LogP contribution in [0.2, 0.25) is 0 Å². The van der Waals surface area contributed by atoms with E-state index in [1.807, 2.05) is 18.2 Å². The lowest BCUT2D eigenvalue weighted by molar-refractivity contribution is 0.134. The average Bonchev–Trinajstić information content (AvgIpc) is 3.23. The van der Waals surface area contributed by atoms with Crippen molar-refractivity contribution in [2.45, 2.75) is 50.4 Å². The molecule has 2 bridgehead atoms. The molecule has 3 aliphatic carbocycles. The van der Waals surface area contributed by atoms with Gasteiger partial charge < -0.3 is 5.11 Å². The minimum atomic E-state index is 0.215. The van der Waals surface area contributed by atoms with E-state index >= 15 is 0 Å². The van der Waals surface area contributed by atoms with Crippen LogP contribution in [0.5, 0.6) is 5.75 Å². The molecule has 3 aliphatic rings. The summed E-state index contributed by atoms with van der Waals surface area (Å²) in [5.41, 5.74) is 3.51. The van der Waals surface area contributed by atoms with Gasteiger partial charge in [-0.15, -0.1) is 0 Å². The van der Waals surface area contributed by atoms with Crippen LogP contribution in [-0.4, -0.2) is 5.11 Å². The zero-order chi connectivity index (χ0) is 17.0. The lowest BCUT2D eigenvalue weighted by Crippen LogP contribution is -2.36. The Labute approximate surface area is 158 Å². The first-order valence-electron chi connectivity index (χ1n) is 9.77. The van der Waals surface area contributed by atoms with E-state index in [0.717, 1.165) is 33.4 Å². The monoisotopic (exact) mass is 396 g/mol. The van der Waals surface area contributed by atoms with Crippen molar-refractivity contribution in [1.82, 2.24) is 0 Å². The molecular formula is C23H25BrO. The van der Waals surface area contributed by atoms with Crippen LogP contribution in [0, 0.1) is 17.8 Å². The summed E-state index contributed by atoms with van der Waals surface area (Å²) in [5, 5.41) is 11.3. The second-order valence-electron chi connectivity index (χ2n) is 8.43. The first kappa shape index (κ1) is 15.9. The summed E-state index contributed by atoms with van der Waals surface area (Å²) in [7, 11) is 0. The molecule has 0 amide bonds. The van der Waals surface area contributed by atoms with Crippen LogP contribution in [0.25, 0.3) is 11.1 Å². The fraction of sp³-hybridized carbons (Fsp3) is 0.478. The van der Waals surface area contributed by atoms with Gasteiger partial charge in [-0.05, 0) is 67.6 Å². The van der Waals surface area contributed by atoms with Crippen molar-refractivity contribution in [3.05, 3.63) is 52.5 Å². The molecule has 0 aromatic heterocycles. The number of phenolic OH excluding ortho intramolecular Hbond substituents is 1. The number of fused-ring (bicyclic) bond motifs is 5. The third-order valence-corrected chi connectivity index (χ3v) is 7.88. The molecule has 0 spiro atoms. The summed E-state index contributed by atoms with van der Waals surface area (Å²) in [6.07, 6.45) is 9.46. The molecule has 0 saturated heterocycles. The van der Waals surface area contributed by atoms with E-state index in [-0.39, 0.29) is 5.41 Å². The molecule has 3 saturated carbocycles. The highest BCUT2D eigenvalue weighted by Crippen LogP contribution is 2.66. The number of hydrogen-bond donors (Lipinski definition) is 1. The van der Waals surface area contributed by atoms with E-state index in [2.05, 4.69) is 40.2 Å². The van der Waals surface area contributed by atoms with Gasteiger partial charge in [0, 0.05) is 21.0 Å². The van der Waals surface area contributed by atoms with Gasteiger partial charge in [0.25, 0.3) is 0 Å². The Morgan fingerprint density at radius 2 is 1.80 bits per heavy atom. The normalized spacial score (nSPS) is 33.4. The Bertz CT molecular complexity index is 799. The Morgan fingerprint density at radius 3 is 2.64 bits per heavy atom. The van der Waals surface area contributed by atoms with Crippen molar-refractivity contribution in [2.75, 3.05) is 0 Å². The standard InChI is InChI=1S/C23H25BrO/c24-17-12-19(15-6-2-1-3-7-15)22(25)21(13-17)23-11-10-16(14-23)18-8-4-5-9-20(18)23/h1-3,6-7,12-13,16,18,20,25H,4-5,8-11,14H2. The van der Waals surface area contributed by atoms with E-state index < -0.39 is 0 Å². The maximum absolute atomic E-state index is 11.3. The number of hydrogen-bond acceptors (Lipinski definition) is 1. The Balaban J connectivity index is 1.66. The van der Waals surface area contributed by atoms with Gasteiger partial charge in [-0.3, -0.25) is 0 Å². The van der Waals surface area contributed by atoms with Gasteiger partial charge >= 0.3 is 0 Å². The van der Waals surface area contributed by atoms with Crippen molar-refractivity contribution in [2.24, 2.45) is 17.8 Å². The lowest BCUT2D eigenvalue weighted by Gasteiger charge is -2.43. The highest BCUT2D eigenvalue weighted by Gasteiger charge is 2.59. The molecule has 4 unspecified atom stereocenters. The maximum Gasteiger partial charge on any atom is 0.127 e. The van der Waals surface area contributed by atoms with Gasteiger partial charge in [0.05, 0.1) is 0 Å².